The molecule has 44 heavy (non-hydrogen) atoms. The van der Waals surface area contributed by atoms with E-state index in [2.05, 4.69) is 15.5 Å². The summed E-state index contributed by atoms with van der Waals surface area (Å²) in [5.41, 5.74) is 2.19. The fourth-order valence-corrected chi connectivity index (χ4v) is 6.31. The van der Waals surface area contributed by atoms with E-state index < -0.39 is 33.3 Å². The van der Waals surface area contributed by atoms with Gasteiger partial charge in [0.1, 0.15) is 12.2 Å². The quantitative estimate of drug-likeness (QED) is 0.248. The molecule has 3 aromatic carbocycles. The Kier molecular flexibility index (Phi) is 10.3. The molecule has 2 heterocycles. The van der Waals surface area contributed by atoms with E-state index in [0.717, 1.165) is 11.1 Å². The van der Waals surface area contributed by atoms with Gasteiger partial charge in [0, 0.05) is 6.54 Å². The Bertz CT molecular complexity index is 1650. The predicted octanol–water partition coefficient (Wildman–Crippen LogP) is 5.58. The second kappa shape index (κ2) is 13.9. The van der Waals surface area contributed by atoms with Gasteiger partial charge in [0.25, 0.3) is 5.16 Å². The normalized spacial score (nSPS) is 14.6. The first-order chi connectivity index (χ1) is 21.1. The standard InChI is InChI=1S/C30H33N5O6S.C2H6/c1-30(2,3)41-29(36)34-16-15-22-17-27(40-19-21-11-7-5-8-12-21)26(39-4)18-24(22)25(34)20-42(37,38)28-31-32-33-35(28)23-13-9-6-10-14-23;1-2/h5-14,17-18,25H,15-16,19-20H2,1-4H3;1-2H3. The Balaban J connectivity index is 0.00000216. The lowest BCUT2D eigenvalue weighted by molar-refractivity contribution is 0.0162. The largest absolute Gasteiger partial charge is 0.493 e. The first-order valence-corrected chi connectivity index (χ1v) is 16.1. The molecule has 1 unspecified atom stereocenters. The molecule has 12 heteroatoms. The molecular weight excluding hydrogens is 582 g/mol. The molecule has 1 amide bonds. The van der Waals surface area contributed by atoms with Gasteiger partial charge in [0.2, 0.25) is 9.84 Å². The average molecular weight is 622 g/mol. The van der Waals surface area contributed by atoms with Gasteiger partial charge in [-0.25, -0.2) is 13.2 Å². The fraction of sp³-hybridized carbons (Fsp3) is 0.375. The van der Waals surface area contributed by atoms with Gasteiger partial charge in [-0.3, -0.25) is 4.90 Å². The van der Waals surface area contributed by atoms with Crippen LogP contribution in [0.2, 0.25) is 0 Å². The smallest absolute Gasteiger partial charge is 0.410 e. The molecule has 1 aliphatic heterocycles. The monoisotopic (exact) mass is 621 g/mol. The van der Waals surface area contributed by atoms with Crippen molar-refractivity contribution in [3.63, 3.8) is 0 Å². The van der Waals surface area contributed by atoms with Crippen LogP contribution in [0.25, 0.3) is 5.69 Å². The molecule has 4 aromatic rings. The first-order valence-electron chi connectivity index (χ1n) is 14.5. The van der Waals surface area contributed by atoms with Crippen LogP contribution < -0.4 is 9.47 Å². The molecule has 0 bridgehead atoms. The van der Waals surface area contributed by atoms with Gasteiger partial charge in [-0.05, 0) is 78.6 Å². The number of benzene rings is 3. The molecule has 1 atom stereocenters. The van der Waals surface area contributed by atoms with Crippen molar-refractivity contribution < 1.29 is 27.4 Å². The van der Waals surface area contributed by atoms with E-state index in [0.29, 0.717) is 35.8 Å². The van der Waals surface area contributed by atoms with Crippen molar-refractivity contribution in [2.75, 3.05) is 19.4 Å². The maximum atomic E-state index is 13.9. The third kappa shape index (κ3) is 7.54. The van der Waals surface area contributed by atoms with E-state index in [4.69, 9.17) is 14.2 Å². The summed E-state index contributed by atoms with van der Waals surface area (Å²) in [6.07, 6.45) is -0.141. The van der Waals surface area contributed by atoms with Gasteiger partial charge < -0.3 is 14.2 Å². The van der Waals surface area contributed by atoms with E-state index in [1.165, 1.54) is 16.7 Å². The van der Waals surface area contributed by atoms with Gasteiger partial charge in [0.05, 0.1) is 24.6 Å². The number of rotatable bonds is 8. The summed E-state index contributed by atoms with van der Waals surface area (Å²) in [5, 5.41) is 11.1. The third-order valence-corrected chi connectivity index (χ3v) is 8.31. The number of methoxy groups -OCH3 is 1. The number of nitrogens with zero attached hydrogens (tertiary/aromatic N) is 5. The highest BCUT2D eigenvalue weighted by atomic mass is 32.2. The number of aromatic nitrogens is 4. The number of hydrogen-bond acceptors (Lipinski definition) is 9. The maximum absolute atomic E-state index is 13.9. The summed E-state index contributed by atoms with van der Waals surface area (Å²) in [7, 11) is -2.60. The summed E-state index contributed by atoms with van der Waals surface area (Å²) in [5.74, 6) is 0.479. The fourth-order valence-electron chi connectivity index (χ4n) is 4.82. The van der Waals surface area contributed by atoms with Gasteiger partial charge in [-0.2, -0.15) is 4.68 Å². The van der Waals surface area contributed by atoms with Crippen molar-refractivity contribution in [1.82, 2.24) is 25.1 Å². The first kappa shape index (κ1) is 32.5. The molecule has 1 aromatic heterocycles. The van der Waals surface area contributed by atoms with E-state index >= 15 is 0 Å². The minimum absolute atomic E-state index is 0.246. The van der Waals surface area contributed by atoms with E-state index in [-0.39, 0.29) is 11.7 Å². The van der Waals surface area contributed by atoms with Crippen molar-refractivity contribution in [3.8, 4) is 17.2 Å². The molecule has 11 nitrogen and oxygen atoms in total. The summed E-state index contributed by atoms with van der Waals surface area (Å²) in [6.45, 7) is 9.88. The van der Waals surface area contributed by atoms with E-state index in [1.807, 2.05) is 56.3 Å². The Hall–Kier alpha value is -4.45. The number of para-hydroxylation sites is 1. The van der Waals surface area contributed by atoms with Crippen LogP contribution in [0.1, 0.15) is 57.4 Å². The molecule has 0 fully saturated rings. The van der Waals surface area contributed by atoms with E-state index in [9.17, 15) is 13.2 Å². The topological polar surface area (TPSA) is 126 Å². The van der Waals surface area contributed by atoms with Crippen molar-refractivity contribution >= 4 is 15.9 Å². The summed E-state index contributed by atoms with van der Waals surface area (Å²) >= 11 is 0. The summed E-state index contributed by atoms with van der Waals surface area (Å²) in [6, 6.07) is 21.2. The van der Waals surface area contributed by atoms with Gasteiger partial charge in [-0.15, -0.1) is 0 Å². The zero-order valence-electron chi connectivity index (χ0n) is 25.9. The highest BCUT2D eigenvalue weighted by molar-refractivity contribution is 7.91. The van der Waals surface area contributed by atoms with Crippen LogP contribution in [0.3, 0.4) is 0 Å². The Morgan fingerprint density at radius 2 is 1.64 bits per heavy atom. The number of sulfone groups is 1. The maximum Gasteiger partial charge on any atom is 0.410 e. The highest BCUT2D eigenvalue weighted by Crippen LogP contribution is 2.40. The number of amides is 1. The second-order valence-corrected chi connectivity index (χ2v) is 12.8. The lowest BCUT2D eigenvalue weighted by atomic mass is 9.93. The number of hydrogen-bond donors (Lipinski definition) is 0. The number of tetrazole rings is 1. The Morgan fingerprint density at radius 1 is 0.977 bits per heavy atom. The van der Waals surface area contributed by atoms with Crippen LogP contribution in [0.5, 0.6) is 11.5 Å². The second-order valence-electron chi connectivity index (χ2n) is 10.9. The molecule has 1 aliphatic rings. The molecule has 0 aliphatic carbocycles. The third-order valence-electron chi connectivity index (χ3n) is 6.75. The number of carbonyl (C=O) groups excluding carboxylic acids is 1. The number of carbonyl (C=O) groups is 1. The highest BCUT2D eigenvalue weighted by Gasteiger charge is 2.39. The molecule has 0 saturated heterocycles. The minimum atomic E-state index is -4.12. The van der Waals surface area contributed by atoms with Crippen LogP contribution in [-0.4, -0.2) is 64.6 Å². The minimum Gasteiger partial charge on any atom is -0.493 e. The molecule has 0 N–H and O–H groups in total. The molecular formula is C32H39N5O6S. The Morgan fingerprint density at radius 3 is 2.27 bits per heavy atom. The SMILES string of the molecule is CC.COc1cc2c(cc1OCc1ccccc1)CCN(C(=O)OC(C)(C)C)C2CS(=O)(=O)c1nnnn1-c1ccccc1. The molecule has 0 radical (unpaired) electrons. The zero-order valence-corrected chi connectivity index (χ0v) is 26.7. The van der Waals surface area contributed by atoms with Crippen LogP contribution >= 0.6 is 0 Å². The van der Waals surface area contributed by atoms with Crippen LogP contribution in [-0.2, 0) is 27.6 Å². The number of ether oxygens (including phenoxy) is 3. The lowest BCUT2D eigenvalue weighted by Crippen LogP contribution is -2.45. The van der Waals surface area contributed by atoms with Gasteiger partial charge in [-0.1, -0.05) is 67.5 Å². The van der Waals surface area contributed by atoms with Crippen molar-refractivity contribution in [1.29, 1.82) is 0 Å². The molecule has 0 saturated carbocycles. The predicted molar refractivity (Wildman–Crippen MR) is 166 cm³/mol. The summed E-state index contributed by atoms with van der Waals surface area (Å²) < 4.78 is 46.4. The summed E-state index contributed by atoms with van der Waals surface area (Å²) in [4.78, 5) is 14.8. The zero-order chi connectivity index (χ0) is 31.9. The average Bonchev–Trinajstić information content (AvgIpc) is 3.52. The molecule has 0 spiro atoms. The molecule has 234 valence electrons. The van der Waals surface area contributed by atoms with E-state index in [1.54, 1.807) is 51.1 Å². The Labute approximate surface area is 258 Å². The van der Waals surface area contributed by atoms with Crippen LogP contribution in [0.4, 0.5) is 4.79 Å². The van der Waals surface area contributed by atoms with Crippen molar-refractivity contribution in [2.24, 2.45) is 0 Å². The van der Waals surface area contributed by atoms with Crippen molar-refractivity contribution in [3.05, 3.63) is 89.5 Å². The van der Waals surface area contributed by atoms with Crippen LogP contribution in [0, 0.1) is 0 Å². The van der Waals surface area contributed by atoms with Gasteiger partial charge in [0.15, 0.2) is 11.5 Å². The van der Waals surface area contributed by atoms with Gasteiger partial charge >= 0.3 is 6.09 Å². The number of fused-ring (bicyclic) bond motifs is 1. The van der Waals surface area contributed by atoms with Crippen LogP contribution in [0.15, 0.2) is 78.0 Å². The lowest BCUT2D eigenvalue weighted by Gasteiger charge is -2.38. The molecule has 5 rings (SSSR count). The van der Waals surface area contributed by atoms with Crippen molar-refractivity contribution in [2.45, 2.75) is 64.4 Å².